The highest BCUT2D eigenvalue weighted by atomic mass is 16.5. The smallest absolute Gasteiger partial charge is 0.230 e. The number of anilines is 2. The third kappa shape index (κ3) is 3.26. The van der Waals surface area contributed by atoms with E-state index in [1.165, 1.54) is 0 Å². The van der Waals surface area contributed by atoms with Crippen LogP contribution in [0.3, 0.4) is 0 Å². The number of fused-ring (bicyclic) bond motifs is 1. The van der Waals surface area contributed by atoms with Crippen molar-refractivity contribution in [2.24, 2.45) is 0 Å². The highest BCUT2D eigenvalue weighted by Gasteiger charge is 2.12. The lowest BCUT2D eigenvalue weighted by atomic mass is 10.0. The van der Waals surface area contributed by atoms with Gasteiger partial charge in [0.05, 0.1) is 12.7 Å². The minimum atomic E-state index is 0.0689. The Labute approximate surface area is 151 Å². The molecular weight excluding hydrogens is 328 g/mol. The lowest BCUT2D eigenvalue weighted by molar-refractivity contribution is 0.420. The number of hydrogen-bond donors (Lipinski definition) is 1. The van der Waals surface area contributed by atoms with Crippen LogP contribution in [0.5, 0.6) is 5.75 Å². The molecule has 0 bridgehead atoms. The summed E-state index contributed by atoms with van der Waals surface area (Å²) in [5.41, 5.74) is 6.94. The highest BCUT2D eigenvalue weighted by Crippen LogP contribution is 2.30. The molecule has 0 atom stereocenters. The minimum Gasteiger partial charge on any atom is -0.496 e. The average Bonchev–Trinajstić information content (AvgIpc) is 2.65. The zero-order valence-electron chi connectivity index (χ0n) is 14.8. The van der Waals surface area contributed by atoms with Gasteiger partial charge in [0, 0.05) is 19.5 Å². The first-order chi connectivity index (χ1) is 12.5. The molecule has 3 rings (SSSR count). The molecule has 1 aromatic heterocycles. The fourth-order valence-corrected chi connectivity index (χ4v) is 2.60. The van der Waals surface area contributed by atoms with Crippen molar-refractivity contribution in [3.05, 3.63) is 47.8 Å². The van der Waals surface area contributed by atoms with Gasteiger partial charge in [0.1, 0.15) is 11.8 Å². The second-order valence-corrected chi connectivity index (χ2v) is 5.78. The van der Waals surface area contributed by atoms with E-state index in [0.717, 1.165) is 22.1 Å². The van der Waals surface area contributed by atoms with Gasteiger partial charge < -0.3 is 15.4 Å². The SMILES string of the molecule is COc1ccc(C=C(C#N)c2nc(N)nc(N(C)C)n2)c2ccccc12. The molecule has 0 aliphatic rings. The monoisotopic (exact) mass is 346 g/mol. The van der Waals surface area contributed by atoms with E-state index in [1.807, 2.05) is 36.4 Å². The van der Waals surface area contributed by atoms with Gasteiger partial charge in [0.2, 0.25) is 11.9 Å². The minimum absolute atomic E-state index is 0.0689. The Hall–Kier alpha value is -3.66. The number of nitrogen functional groups attached to an aromatic ring is 1. The van der Waals surface area contributed by atoms with Crippen molar-refractivity contribution < 1.29 is 4.74 Å². The number of rotatable bonds is 4. The maximum absolute atomic E-state index is 9.64. The summed E-state index contributed by atoms with van der Waals surface area (Å²) >= 11 is 0. The third-order valence-corrected chi connectivity index (χ3v) is 3.84. The van der Waals surface area contributed by atoms with Crippen LogP contribution in [-0.2, 0) is 0 Å². The van der Waals surface area contributed by atoms with Crippen molar-refractivity contribution in [1.82, 2.24) is 15.0 Å². The molecule has 7 heteroatoms. The second kappa shape index (κ2) is 7.07. The lowest BCUT2D eigenvalue weighted by Gasteiger charge is -2.11. The summed E-state index contributed by atoms with van der Waals surface area (Å²) in [7, 11) is 5.23. The normalized spacial score (nSPS) is 11.2. The molecule has 2 aromatic carbocycles. The number of benzene rings is 2. The summed E-state index contributed by atoms with van der Waals surface area (Å²) in [6.45, 7) is 0. The van der Waals surface area contributed by atoms with Crippen molar-refractivity contribution in [3.63, 3.8) is 0 Å². The van der Waals surface area contributed by atoms with Crippen molar-refractivity contribution in [3.8, 4) is 11.8 Å². The number of hydrogen-bond acceptors (Lipinski definition) is 7. The van der Waals surface area contributed by atoms with Crippen LogP contribution in [0, 0.1) is 11.3 Å². The topological polar surface area (TPSA) is 101 Å². The highest BCUT2D eigenvalue weighted by molar-refractivity contribution is 5.99. The number of nitrogens with zero attached hydrogens (tertiary/aromatic N) is 5. The molecule has 0 aliphatic carbocycles. The van der Waals surface area contributed by atoms with E-state index in [2.05, 4.69) is 21.0 Å². The Kier molecular flexibility index (Phi) is 4.67. The molecule has 7 nitrogen and oxygen atoms in total. The molecule has 2 N–H and O–H groups in total. The molecule has 0 amide bonds. The van der Waals surface area contributed by atoms with Gasteiger partial charge in [-0.05, 0) is 23.1 Å². The van der Waals surface area contributed by atoms with Gasteiger partial charge in [-0.3, -0.25) is 0 Å². The third-order valence-electron chi connectivity index (χ3n) is 3.84. The predicted octanol–water partition coefficient (Wildman–Crippen LogP) is 2.75. The average molecular weight is 346 g/mol. The van der Waals surface area contributed by atoms with Gasteiger partial charge in [-0.25, -0.2) is 0 Å². The Bertz CT molecular complexity index is 1040. The second-order valence-electron chi connectivity index (χ2n) is 5.78. The molecule has 0 aliphatic heterocycles. The summed E-state index contributed by atoms with van der Waals surface area (Å²) in [4.78, 5) is 14.2. The van der Waals surface area contributed by atoms with Crippen LogP contribution in [-0.4, -0.2) is 36.2 Å². The van der Waals surface area contributed by atoms with Crippen LogP contribution in [0.1, 0.15) is 11.4 Å². The zero-order valence-corrected chi connectivity index (χ0v) is 14.8. The maximum Gasteiger partial charge on any atom is 0.230 e. The lowest BCUT2D eigenvalue weighted by Crippen LogP contribution is -2.15. The number of nitrogens with two attached hydrogens (primary N) is 1. The molecular formula is C19H18N6O. The summed E-state index contributed by atoms with van der Waals surface area (Å²) in [5.74, 6) is 1.48. The summed E-state index contributed by atoms with van der Waals surface area (Å²) < 4.78 is 5.42. The van der Waals surface area contributed by atoms with Gasteiger partial charge in [-0.15, -0.1) is 0 Å². The molecule has 0 saturated heterocycles. The number of methoxy groups -OCH3 is 1. The van der Waals surface area contributed by atoms with E-state index in [4.69, 9.17) is 10.5 Å². The summed E-state index contributed by atoms with van der Waals surface area (Å²) in [6.07, 6.45) is 1.75. The first-order valence-electron chi connectivity index (χ1n) is 7.90. The first kappa shape index (κ1) is 17.2. The van der Waals surface area contributed by atoms with E-state index in [1.54, 1.807) is 32.2 Å². The van der Waals surface area contributed by atoms with Crippen LogP contribution in [0.15, 0.2) is 36.4 Å². The van der Waals surface area contributed by atoms with Crippen LogP contribution >= 0.6 is 0 Å². The van der Waals surface area contributed by atoms with Crippen LogP contribution in [0.25, 0.3) is 22.4 Å². The van der Waals surface area contributed by atoms with E-state index < -0.39 is 0 Å². The fourth-order valence-electron chi connectivity index (χ4n) is 2.60. The molecule has 1 heterocycles. The van der Waals surface area contributed by atoms with Crippen molar-refractivity contribution in [2.75, 3.05) is 31.8 Å². The van der Waals surface area contributed by atoms with E-state index in [0.29, 0.717) is 11.5 Å². The molecule has 130 valence electrons. The Morgan fingerprint density at radius 2 is 1.85 bits per heavy atom. The number of allylic oxidation sites excluding steroid dienone is 1. The Morgan fingerprint density at radius 3 is 2.50 bits per heavy atom. The first-order valence-corrected chi connectivity index (χ1v) is 7.90. The number of aromatic nitrogens is 3. The van der Waals surface area contributed by atoms with Crippen molar-refractivity contribution in [2.45, 2.75) is 0 Å². The van der Waals surface area contributed by atoms with E-state index >= 15 is 0 Å². The van der Waals surface area contributed by atoms with Crippen LogP contribution in [0.4, 0.5) is 11.9 Å². The molecule has 0 saturated carbocycles. The Balaban J connectivity index is 2.18. The van der Waals surface area contributed by atoms with Gasteiger partial charge in [-0.1, -0.05) is 30.3 Å². The van der Waals surface area contributed by atoms with Gasteiger partial charge in [0.25, 0.3) is 0 Å². The quantitative estimate of drug-likeness (QED) is 0.725. The summed E-state index contributed by atoms with van der Waals surface area (Å²) in [5, 5.41) is 11.6. The maximum atomic E-state index is 9.64. The van der Waals surface area contributed by atoms with Crippen molar-refractivity contribution in [1.29, 1.82) is 5.26 Å². The number of nitriles is 1. The van der Waals surface area contributed by atoms with E-state index in [-0.39, 0.29) is 11.8 Å². The van der Waals surface area contributed by atoms with Gasteiger partial charge in [0.15, 0.2) is 5.82 Å². The molecule has 0 unspecified atom stereocenters. The molecule has 0 radical (unpaired) electrons. The zero-order chi connectivity index (χ0) is 18.7. The molecule has 26 heavy (non-hydrogen) atoms. The standard InChI is InChI=1S/C19H18N6O/c1-25(2)19-23-17(22-18(21)24-19)13(11-20)10-12-8-9-16(26-3)15-7-5-4-6-14(12)15/h4-10H,1-3H3,(H2,21,22,23,24). The largest absolute Gasteiger partial charge is 0.496 e. The van der Waals surface area contributed by atoms with Crippen molar-refractivity contribution >= 4 is 34.3 Å². The molecule has 3 aromatic rings. The van der Waals surface area contributed by atoms with Gasteiger partial charge in [-0.2, -0.15) is 20.2 Å². The van der Waals surface area contributed by atoms with Gasteiger partial charge >= 0.3 is 0 Å². The molecule has 0 spiro atoms. The molecule has 0 fully saturated rings. The van der Waals surface area contributed by atoms with Crippen LogP contribution < -0.4 is 15.4 Å². The van der Waals surface area contributed by atoms with Crippen LogP contribution in [0.2, 0.25) is 0 Å². The Morgan fingerprint density at radius 1 is 1.12 bits per heavy atom. The summed E-state index contributed by atoms with van der Waals surface area (Å²) in [6, 6.07) is 13.8. The fraction of sp³-hybridized carbons (Fsp3) is 0.158. The van der Waals surface area contributed by atoms with E-state index in [9.17, 15) is 5.26 Å². The predicted molar refractivity (Wildman–Crippen MR) is 103 cm³/mol. The number of ether oxygens (including phenoxy) is 1.